The second-order valence-electron chi connectivity index (χ2n) is 8.04. The predicted octanol–water partition coefficient (Wildman–Crippen LogP) is 3.22. The van der Waals surface area contributed by atoms with Crippen LogP contribution in [0.2, 0.25) is 0 Å². The molecule has 178 valence electrons. The summed E-state index contributed by atoms with van der Waals surface area (Å²) in [7, 11) is 0. The van der Waals surface area contributed by atoms with Gasteiger partial charge in [0.25, 0.3) is 0 Å². The lowest BCUT2D eigenvalue weighted by Gasteiger charge is -2.20. The summed E-state index contributed by atoms with van der Waals surface area (Å²) in [5.74, 6) is -0.206. The minimum atomic E-state index is -0.206. The van der Waals surface area contributed by atoms with E-state index in [1.807, 2.05) is 48.5 Å². The van der Waals surface area contributed by atoms with E-state index in [2.05, 4.69) is 35.7 Å². The largest absolute Gasteiger partial charge is 0.324 e. The Hall–Kier alpha value is -4.31. The highest BCUT2D eigenvalue weighted by atomic mass is 16.3. The molecule has 0 bridgehead atoms. The van der Waals surface area contributed by atoms with Gasteiger partial charge in [-0.2, -0.15) is 4.91 Å². The first-order chi connectivity index (χ1) is 17.2. The second-order valence-corrected chi connectivity index (χ2v) is 8.04. The van der Waals surface area contributed by atoms with Crippen molar-refractivity contribution in [2.24, 2.45) is 5.18 Å². The SMILES string of the molecule is O=NCCc1ccc(NC(=O)Cn2cc(CN(Cc3ccccn3)Cc3ccccn3)nn2)cc1. The standard InChI is InChI=1S/C25H26N8O2/c34-25(29-21-9-7-20(8-10-21)11-14-28-35)19-33-18-24(30-31-33)17-32(15-22-5-1-3-12-26-22)16-23-6-2-4-13-27-23/h1-10,12-13,18H,11,14-17,19H2,(H,29,34). The summed E-state index contributed by atoms with van der Waals surface area (Å²) in [5.41, 5.74) is 4.31. The van der Waals surface area contributed by atoms with E-state index < -0.39 is 0 Å². The Morgan fingerprint density at radius 2 is 1.54 bits per heavy atom. The maximum Gasteiger partial charge on any atom is 0.246 e. The van der Waals surface area contributed by atoms with Crippen LogP contribution in [0.3, 0.4) is 0 Å². The fraction of sp³-hybridized carbons (Fsp3) is 0.240. The summed E-state index contributed by atoms with van der Waals surface area (Å²) < 4.78 is 1.52. The Labute approximate surface area is 203 Å². The molecule has 1 N–H and O–H groups in total. The van der Waals surface area contributed by atoms with Gasteiger partial charge in [-0.3, -0.25) is 19.7 Å². The molecule has 0 radical (unpaired) electrons. The average molecular weight is 471 g/mol. The van der Waals surface area contributed by atoms with Crippen molar-refractivity contribution in [1.82, 2.24) is 29.9 Å². The van der Waals surface area contributed by atoms with Crippen LogP contribution in [0.4, 0.5) is 5.69 Å². The van der Waals surface area contributed by atoms with Gasteiger partial charge >= 0.3 is 0 Å². The Bertz CT molecular complexity index is 1170. The molecule has 1 amide bonds. The van der Waals surface area contributed by atoms with Crippen LogP contribution in [-0.2, 0) is 37.4 Å². The number of carbonyl (C=O) groups excluding carboxylic acids is 1. The fourth-order valence-electron chi connectivity index (χ4n) is 3.60. The Kier molecular flexibility index (Phi) is 8.33. The molecule has 0 atom stereocenters. The molecule has 35 heavy (non-hydrogen) atoms. The zero-order valence-corrected chi connectivity index (χ0v) is 19.2. The van der Waals surface area contributed by atoms with Crippen molar-refractivity contribution in [1.29, 1.82) is 0 Å². The van der Waals surface area contributed by atoms with E-state index in [1.54, 1.807) is 30.7 Å². The number of rotatable bonds is 12. The molecule has 0 aliphatic heterocycles. The number of carbonyl (C=O) groups is 1. The van der Waals surface area contributed by atoms with Crippen LogP contribution in [0.5, 0.6) is 0 Å². The van der Waals surface area contributed by atoms with Crippen molar-refractivity contribution in [3.8, 4) is 0 Å². The lowest BCUT2D eigenvalue weighted by molar-refractivity contribution is -0.116. The van der Waals surface area contributed by atoms with E-state index in [0.717, 1.165) is 22.6 Å². The maximum atomic E-state index is 12.5. The quantitative estimate of drug-likeness (QED) is 0.316. The lowest BCUT2D eigenvalue weighted by Crippen LogP contribution is -2.23. The van der Waals surface area contributed by atoms with E-state index in [1.165, 1.54) is 4.68 Å². The first-order valence-electron chi connectivity index (χ1n) is 11.3. The Morgan fingerprint density at radius 1 is 0.886 bits per heavy atom. The second kappa shape index (κ2) is 12.2. The zero-order valence-electron chi connectivity index (χ0n) is 19.2. The number of anilines is 1. The van der Waals surface area contributed by atoms with Crippen LogP contribution in [0, 0.1) is 4.91 Å². The van der Waals surface area contributed by atoms with Gasteiger partial charge in [0.05, 0.1) is 29.8 Å². The molecule has 3 aromatic heterocycles. The number of benzene rings is 1. The van der Waals surface area contributed by atoms with Gasteiger partial charge in [-0.05, 0) is 48.4 Å². The zero-order chi connectivity index (χ0) is 24.3. The van der Waals surface area contributed by atoms with Crippen molar-refractivity contribution in [2.45, 2.75) is 32.6 Å². The van der Waals surface area contributed by atoms with Gasteiger partial charge in [0.1, 0.15) is 6.54 Å². The molecule has 4 rings (SSSR count). The number of amides is 1. The summed E-state index contributed by atoms with van der Waals surface area (Å²) in [4.78, 5) is 33.8. The fourth-order valence-corrected chi connectivity index (χ4v) is 3.60. The third kappa shape index (κ3) is 7.61. The summed E-state index contributed by atoms with van der Waals surface area (Å²) in [6.07, 6.45) is 5.91. The molecule has 0 fully saturated rings. The number of pyridine rings is 2. The van der Waals surface area contributed by atoms with E-state index >= 15 is 0 Å². The third-order valence-electron chi connectivity index (χ3n) is 5.23. The number of hydrogen-bond donors (Lipinski definition) is 1. The van der Waals surface area contributed by atoms with Crippen LogP contribution >= 0.6 is 0 Å². The average Bonchev–Trinajstić information content (AvgIpc) is 3.31. The van der Waals surface area contributed by atoms with Crippen molar-refractivity contribution in [3.05, 3.63) is 107 Å². The number of hydrogen-bond acceptors (Lipinski definition) is 8. The molecule has 0 aliphatic rings. The summed E-state index contributed by atoms with van der Waals surface area (Å²) in [5, 5.41) is 14.1. The highest BCUT2D eigenvalue weighted by Gasteiger charge is 2.13. The molecular formula is C25H26N8O2. The van der Waals surface area contributed by atoms with Crippen molar-refractivity contribution in [3.63, 3.8) is 0 Å². The van der Waals surface area contributed by atoms with Crippen LogP contribution in [-0.4, -0.2) is 42.3 Å². The van der Waals surface area contributed by atoms with E-state index in [4.69, 9.17) is 0 Å². The molecule has 0 spiro atoms. The maximum absolute atomic E-state index is 12.5. The Morgan fingerprint density at radius 3 is 2.14 bits per heavy atom. The van der Waals surface area contributed by atoms with Gasteiger partial charge in [-0.15, -0.1) is 5.10 Å². The number of aromatic nitrogens is 5. The van der Waals surface area contributed by atoms with E-state index in [-0.39, 0.29) is 19.0 Å². The normalized spacial score (nSPS) is 10.9. The predicted molar refractivity (Wildman–Crippen MR) is 131 cm³/mol. The minimum absolute atomic E-state index is 0.0459. The smallest absolute Gasteiger partial charge is 0.246 e. The molecule has 4 aromatic rings. The first-order valence-corrected chi connectivity index (χ1v) is 11.3. The van der Waals surface area contributed by atoms with Crippen LogP contribution in [0.15, 0.2) is 84.4 Å². The minimum Gasteiger partial charge on any atom is -0.324 e. The highest BCUT2D eigenvalue weighted by molar-refractivity contribution is 5.90. The van der Waals surface area contributed by atoms with E-state index in [0.29, 0.717) is 31.7 Å². The molecule has 10 nitrogen and oxygen atoms in total. The summed E-state index contributed by atoms with van der Waals surface area (Å²) >= 11 is 0. The van der Waals surface area contributed by atoms with Crippen LogP contribution in [0.25, 0.3) is 0 Å². The van der Waals surface area contributed by atoms with Crippen LogP contribution < -0.4 is 5.32 Å². The third-order valence-corrected chi connectivity index (χ3v) is 5.23. The van der Waals surface area contributed by atoms with E-state index in [9.17, 15) is 9.70 Å². The van der Waals surface area contributed by atoms with Crippen molar-refractivity contribution >= 4 is 11.6 Å². The Balaban J connectivity index is 1.35. The molecule has 3 heterocycles. The van der Waals surface area contributed by atoms with Gasteiger partial charge < -0.3 is 5.32 Å². The monoisotopic (exact) mass is 470 g/mol. The number of nitrogens with zero attached hydrogens (tertiary/aromatic N) is 7. The van der Waals surface area contributed by atoms with Gasteiger partial charge in [0, 0.05) is 37.7 Å². The molecule has 0 unspecified atom stereocenters. The molecule has 0 saturated carbocycles. The van der Waals surface area contributed by atoms with Gasteiger partial charge in [-0.25, -0.2) is 4.68 Å². The number of nitroso groups, excluding NO2 is 1. The molecule has 0 aliphatic carbocycles. The summed E-state index contributed by atoms with van der Waals surface area (Å²) in [6.45, 7) is 2.07. The molecule has 0 saturated heterocycles. The first kappa shape index (κ1) is 23.8. The summed E-state index contributed by atoms with van der Waals surface area (Å²) in [6, 6.07) is 19.0. The molecule has 1 aromatic carbocycles. The molecule has 10 heteroatoms. The van der Waals surface area contributed by atoms with Gasteiger partial charge in [0.15, 0.2) is 0 Å². The van der Waals surface area contributed by atoms with Crippen molar-refractivity contribution in [2.75, 3.05) is 11.9 Å². The highest BCUT2D eigenvalue weighted by Crippen LogP contribution is 2.12. The van der Waals surface area contributed by atoms with Crippen molar-refractivity contribution < 1.29 is 4.79 Å². The topological polar surface area (TPSA) is 118 Å². The number of nitrogens with one attached hydrogen (secondary N) is 1. The van der Waals surface area contributed by atoms with Gasteiger partial charge in [-0.1, -0.05) is 34.7 Å². The molecular weight excluding hydrogens is 444 g/mol. The van der Waals surface area contributed by atoms with Crippen LogP contribution in [0.1, 0.15) is 22.6 Å². The van der Waals surface area contributed by atoms with Gasteiger partial charge in [0.2, 0.25) is 5.91 Å². The lowest BCUT2D eigenvalue weighted by atomic mass is 10.1.